The fraction of sp³-hybridized carbons (Fsp3) is 0.788. The number of carbonyl (C=O) groups is 1. The molecule has 0 radical (unpaired) electrons. The first-order chi connectivity index (χ1) is 31.4. The van der Waals surface area contributed by atoms with E-state index in [0.717, 1.165) is 56.3 Å². The van der Waals surface area contributed by atoms with Gasteiger partial charge in [-0.2, -0.15) is 0 Å². The molecule has 7 heterocycles. The molecule has 14 heteroatoms. The van der Waals surface area contributed by atoms with Crippen molar-refractivity contribution in [3.05, 3.63) is 59.8 Å². The number of allylic oxidation sites excluding steroid dienone is 2. The van der Waals surface area contributed by atoms with Crippen molar-refractivity contribution < 1.29 is 68.2 Å². The summed E-state index contributed by atoms with van der Waals surface area (Å²) in [6, 6.07) is 0. The van der Waals surface area contributed by atoms with Crippen LogP contribution in [-0.2, 0) is 42.7 Å². The zero-order valence-electron chi connectivity index (χ0n) is 40.3. The molecule has 0 saturated carbocycles. The van der Waals surface area contributed by atoms with E-state index in [1.165, 1.54) is 6.92 Å². The Morgan fingerprint density at radius 3 is 2.55 bits per heavy atom. The molecule has 7 aliphatic heterocycles. The molecule has 66 heavy (non-hydrogen) atoms. The first kappa shape index (κ1) is 51.5. The van der Waals surface area contributed by atoms with Crippen LogP contribution >= 0.6 is 0 Å². The molecule has 372 valence electrons. The Labute approximate surface area is 392 Å². The van der Waals surface area contributed by atoms with E-state index >= 15 is 0 Å². The lowest BCUT2D eigenvalue weighted by molar-refractivity contribution is -0.321. The number of aliphatic hydroxyl groups is 5. The van der Waals surface area contributed by atoms with E-state index in [0.29, 0.717) is 62.9 Å². The minimum absolute atomic E-state index is 0.0140. The third kappa shape index (κ3) is 12.0. The molecule has 7 aliphatic rings. The van der Waals surface area contributed by atoms with Crippen LogP contribution in [-0.4, -0.2) is 135 Å². The molecule has 0 aromatic heterocycles. The highest BCUT2D eigenvalue weighted by atomic mass is 16.7. The van der Waals surface area contributed by atoms with Gasteiger partial charge in [-0.1, -0.05) is 63.3 Å². The lowest BCUT2D eigenvalue weighted by atomic mass is 9.79. The summed E-state index contributed by atoms with van der Waals surface area (Å²) in [5.74, 6) is -3.30. The predicted octanol–water partition coefficient (Wildman–Crippen LogP) is 6.56. The average molecular weight is 929 g/mol. The van der Waals surface area contributed by atoms with E-state index in [1.807, 2.05) is 32.1 Å². The Balaban J connectivity index is 0.897. The van der Waals surface area contributed by atoms with Crippen molar-refractivity contribution in [3.63, 3.8) is 0 Å². The van der Waals surface area contributed by atoms with Crippen molar-refractivity contribution in [2.45, 2.75) is 222 Å². The van der Waals surface area contributed by atoms with Gasteiger partial charge in [-0.05, 0) is 114 Å². The molecule has 5 N–H and O–H groups in total. The van der Waals surface area contributed by atoms with E-state index in [2.05, 4.69) is 33.4 Å². The van der Waals surface area contributed by atoms with Crippen molar-refractivity contribution in [3.8, 4) is 0 Å². The molecule has 7 rings (SSSR count). The monoisotopic (exact) mass is 929 g/mol. The predicted molar refractivity (Wildman–Crippen MR) is 246 cm³/mol. The van der Waals surface area contributed by atoms with Gasteiger partial charge in [0, 0.05) is 44.6 Å². The van der Waals surface area contributed by atoms with Crippen LogP contribution in [0.1, 0.15) is 138 Å². The maximum Gasteiger partial charge on any atom is 0.338 e. The number of rotatable bonds is 15. The lowest BCUT2D eigenvalue weighted by Gasteiger charge is -2.50. The molecule has 17 atom stereocenters. The van der Waals surface area contributed by atoms with Crippen LogP contribution in [0.5, 0.6) is 0 Å². The van der Waals surface area contributed by atoms with Crippen LogP contribution in [0, 0.1) is 17.8 Å². The number of hydrogen-bond acceptors (Lipinski definition) is 14. The number of aliphatic hydroxyl groups excluding tert-OH is 4. The van der Waals surface area contributed by atoms with Gasteiger partial charge in [0.1, 0.15) is 31.0 Å². The molecular weight excluding hydrogens is 849 g/mol. The molecule has 6 saturated heterocycles. The highest BCUT2D eigenvalue weighted by Gasteiger charge is 2.55. The largest absolute Gasteiger partial charge is 0.459 e. The summed E-state index contributed by atoms with van der Waals surface area (Å²) in [6.45, 7) is 16.6. The molecule has 0 bridgehead atoms. The van der Waals surface area contributed by atoms with E-state index in [4.69, 9.17) is 43.0 Å². The van der Waals surface area contributed by atoms with Gasteiger partial charge >= 0.3 is 5.97 Å². The van der Waals surface area contributed by atoms with Gasteiger partial charge in [-0.3, -0.25) is 0 Å². The quantitative estimate of drug-likeness (QED) is 0.0674. The average Bonchev–Trinajstić information content (AvgIpc) is 3.68. The van der Waals surface area contributed by atoms with Gasteiger partial charge in [0.15, 0.2) is 17.2 Å². The van der Waals surface area contributed by atoms with Crippen LogP contribution in [0.4, 0.5) is 0 Å². The summed E-state index contributed by atoms with van der Waals surface area (Å²) in [5.41, 5.74) is 0.374. The second kappa shape index (κ2) is 21.8. The van der Waals surface area contributed by atoms with Crippen LogP contribution in [0.25, 0.3) is 0 Å². The van der Waals surface area contributed by atoms with Crippen molar-refractivity contribution in [2.75, 3.05) is 19.8 Å². The topological polar surface area (TPSA) is 192 Å². The molecule has 0 aromatic carbocycles. The van der Waals surface area contributed by atoms with Crippen molar-refractivity contribution in [2.24, 2.45) is 17.8 Å². The van der Waals surface area contributed by atoms with Crippen LogP contribution in [0.15, 0.2) is 59.8 Å². The summed E-state index contributed by atoms with van der Waals surface area (Å²) in [4.78, 5) is 13.0. The van der Waals surface area contributed by atoms with Gasteiger partial charge in [0.2, 0.25) is 5.79 Å². The maximum atomic E-state index is 13.0. The van der Waals surface area contributed by atoms with Gasteiger partial charge in [-0.15, -0.1) is 0 Å². The number of fused-ring (bicyclic) bond motifs is 1. The first-order valence-corrected chi connectivity index (χ1v) is 25.0. The fourth-order valence-electron chi connectivity index (χ4n) is 11.3. The minimum Gasteiger partial charge on any atom is -0.459 e. The Kier molecular flexibility index (Phi) is 17.0. The van der Waals surface area contributed by atoms with Crippen LogP contribution in [0.2, 0.25) is 0 Å². The number of carbonyl (C=O) groups excluding carboxylic acids is 1. The van der Waals surface area contributed by atoms with E-state index in [1.54, 1.807) is 12.2 Å². The third-order valence-electron chi connectivity index (χ3n) is 15.2. The molecule has 3 spiro atoms. The molecule has 0 aromatic rings. The molecular formula is C52H80O14. The van der Waals surface area contributed by atoms with Crippen LogP contribution < -0.4 is 0 Å². The first-order valence-electron chi connectivity index (χ1n) is 25.0. The van der Waals surface area contributed by atoms with Crippen molar-refractivity contribution in [1.29, 1.82) is 0 Å². The summed E-state index contributed by atoms with van der Waals surface area (Å²) in [7, 11) is 0. The van der Waals surface area contributed by atoms with Gasteiger partial charge in [0.25, 0.3) is 0 Å². The molecule has 0 unspecified atom stereocenters. The normalized spacial score (nSPS) is 41.2. The molecule has 14 nitrogen and oxygen atoms in total. The summed E-state index contributed by atoms with van der Waals surface area (Å²) in [5, 5.41) is 54.7. The second-order valence-corrected chi connectivity index (χ2v) is 21.1. The fourth-order valence-corrected chi connectivity index (χ4v) is 11.3. The van der Waals surface area contributed by atoms with E-state index < -0.39 is 71.7 Å². The van der Waals surface area contributed by atoms with E-state index in [-0.39, 0.29) is 49.8 Å². The Bertz CT molecular complexity index is 1780. The Hall–Kier alpha value is -2.31. The van der Waals surface area contributed by atoms with Gasteiger partial charge in [0.05, 0.1) is 43.2 Å². The van der Waals surface area contributed by atoms with Gasteiger partial charge in [-0.25, -0.2) is 4.79 Å². The van der Waals surface area contributed by atoms with Crippen molar-refractivity contribution in [1.82, 2.24) is 0 Å². The molecule has 6 fully saturated rings. The zero-order valence-corrected chi connectivity index (χ0v) is 40.3. The summed E-state index contributed by atoms with van der Waals surface area (Å²) in [6.07, 6.45) is 15.4. The number of hydrogen-bond donors (Lipinski definition) is 5. The Morgan fingerprint density at radius 1 is 1.02 bits per heavy atom. The zero-order chi connectivity index (χ0) is 47.4. The standard InChI is InChI=1S/C52H80O14/c1-32(13-9-8-11-25-53)31-59-48(57)49(7,58)30-39-16-17-43(55)52(63-39)29-33(2)27-42(64-52)34(3)14-15-38-19-23-51(62-38)24-20-41-47(66-51)44(56)37(6)46(61-41)40(54)28-36(5)45-35(4)18-22-50(65-45)21-10-12-26-60-50/h8-9,13-15,29,34-36,38-47,53-56,58H,6,10-12,16-28,30-31H2,1-5,7H3/b9-8+,15-14+,32-13+/t34-,35-,36+,38+,39+,40+,41-,42+,43-,44-,45-,46+,47-,49-,50+,51-,52-/m1/s1. The smallest absolute Gasteiger partial charge is 0.338 e. The van der Waals surface area contributed by atoms with E-state index in [9.17, 15) is 25.2 Å². The minimum atomic E-state index is -1.83. The SMILES string of the molecule is C=C1[C@@H](O)[C@@H]2O[C@]3(CC[C@H](/C=C/[C@@H](C)[C@@H]4CC(C)=C[C@@]5(O[C@H](C[C@@](C)(O)C(=O)OC/C(C)=C/C=C/CCO)CC[C@H]5O)O4)O3)CC[C@H]2O[C@@H]1[C@@H](O)C[C@H](C)[C@@H]1O[C@@]2(CCCCO2)CC[C@H]1C. The second-order valence-electron chi connectivity index (χ2n) is 21.1. The van der Waals surface area contributed by atoms with Crippen molar-refractivity contribution >= 4 is 5.97 Å². The summed E-state index contributed by atoms with van der Waals surface area (Å²) < 4.78 is 51.2. The maximum absolute atomic E-state index is 13.0. The highest BCUT2D eigenvalue weighted by Crippen LogP contribution is 2.47. The lowest BCUT2D eigenvalue weighted by Crippen LogP contribution is -2.60. The number of esters is 1. The van der Waals surface area contributed by atoms with Crippen LogP contribution in [0.3, 0.4) is 0 Å². The summed E-state index contributed by atoms with van der Waals surface area (Å²) >= 11 is 0. The molecule has 0 amide bonds. The van der Waals surface area contributed by atoms with Gasteiger partial charge < -0.3 is 63.4 Å². The number of ether oxygens (including phenoxy) is 8. The highest BCUT2D eigenvalue weighted by molar-refractivity contribution is 5.78. The molecule has 0 aliphatic carbocycles. The third-order valence-corrected chi connectivity index (χ3v) is 15.2. The Morgan fingerprint density at radius 2 is 1.79 bits per heavy atom.